The molecule has 1 aliphatic carbocycles. The van der Waals surface area contributed by atoms with Gasteiger partial charge in [0, 0.05) is 18.5 Å². The van der Waals surface area contributed by atoms with Crippen LogP contribution < -0.4 is 10.6 Å². The molecule has 1 aliphatic rings. The zero-order chi connectivity index (χ0) is 23.1. The monoisotopic (exact) mass is 436 g/mol. The van der Waals surface area contributed by atoms with E-state index in [4.69, 9.17) is 9.84 Å². The van der Waals surface area contributed by atoms with E-state index in [0.29, 0.717) is 6.42 Å². The second-order valence-electron chi connectivity index (χ2n) is 8.14. The molecule has 2 amide bonds. The summed E-state index contributed by atoms with van der Waals surface area (Å²) in [6.45, 7) is 4.12. The van der Waals surface area contributed by atoms with Gasteiger partial charge in [0.2, 0.25) is 5.91 Å². The molecule has 168 valence electrons. The first-order valence-electron chi connectivity index (χ1n) is 10.7. The maximum Gasteiger partial charge on any atom is 0.407 e. The molecule has 0 heterocycles. The second kappa shape index (κ2) is 10.6. The van der Waals surface area contributed by atoms with Gasteiger partial charge in [-0.1, -0.05) is 68.5 Å². The van der Waals surface area contributed by atoms with E-state index in [-0.39, 0.29) is 30.9 Å². The Balaban J connectivity index is 1.62. The summed E-state index contributed by atoms with van der Waals surface area (Å²) >= 11 is 0. The molecule has 0 radical (unpaired) electrons. The highest BCUT2D eigenvalue weighted by molar-refractivity contribution is 5.86. The molecule has 0 aromatic heterocycles. The zero-order valence-corrected chi connectivity index (χ0v) is 18.2. The minimum Gasteiger partial charge on any atom is -0.478 e. The van der Waals surface area contributed by atoms with E-state index in [0.717, 1.165) is 28.3 Å². The Morgan fingerprint density at radius 3 is 2.19 bits per heavy atom. The lowest BCUT2D eigenvalue weighted by atomic mass is 9.98. The number of fused-ring (bicyclic) bond motifs is 3. The van der Waals surface area contributed by atoms with E-state index < -0.39 is 18.1 Å². The van der Waals surface area contributed by atoms with Crippen molar-refractivity contribution in [2.75, 3.05) is 13.2 Å². The van der Waals surface area contributed by atoms with E-state index in [1.165, 1.54) is 6.08 Å². The van der Waals surface area contributed by atoms with Gasteiger partial charge in [0.1, 0.15) is 12.6 Å². The van der Waals surface area contributed by atoms with Crippen LogP contribution >= 0.6 is 0 Å². The number of carbonyl (C=O) groups excluding carboxylic acids is 2. The lowest BCUT2D eigenvalue weighted by Gasteiger charge is -2.20. The molecule has 1 unspecified atom stereocenters. The number of carboxylic acids is 1. The van der Waals surface area contributed by atoms with Gasteiger partial charge in [0.15, 0.2) is 0 Å². The fraction of sp³-hybridized carbons (Fsp3) is 0.320. The summed E-state index contributed by atoms with van der Waals surface area (Å²) in [4.78, 5) is 35.5. The van der Waals surface area contributed by atoms with Gasteiger partial charge in [-0.05, 0) is 34.6 Å². The van der Waals surface area contributed by atoms with Gasteiger partial charge in [-0.15, -0.1) is 0 Å². The second-order valence-corrected chi connectivity index (χ2v) is 8.14. The molecular weight excluding hydrogens is 408 g/mol. The highest BCUT2D eigenvalue weighted by Gasteiger charge is 2.29. The van der Waals surface area contributed by atoms with E-state index in [1.807, 2.05) is 50.2 Å². The Bertz CT molecular complexity index is 969. The van der Waals surface area contributed by atoms with Gasteiger partial charge in [-0.3, -0.25) is 4.79 Å². The van der Waals surface area contributed by atoms with E-state index >= 15 is 0 Å². The predicted molar refractivity (Wildman–Crippen MR) is 121 cm³/mol. The topological polar surface area (TPSA) is 105 Å². The van der Waals surface area contributed by atoms with Gasteiger partial charge < -0.3 is 20.5 Å². The molecule has 0 aliphatic heterocycles. The number of ether oxygens (including phenoxy) is 1. The lowest BCUT2D eigenvalue weighted by molar-refractivity contribution is -0.131. The maximum absolute atomic E-state index is 12.5. The number of hydrogen-bond donors (Lipinski definition) is 3. The van der Waals surface area contributed by atoms with Crippen LogP contribution in [0, 0.1) is 5.92 Å². The number of hydrogen-bond acceptors (Lipinski definition) is 4. The summed E-state index contributed by atoms with van der Waals surface area (Å²) in [5.41, 5.74) is 4.51. The predicted octanol–water partition coefficient (Wildman–Crippen LogP) is 3.70. The molecule has 3 rings (SSSR count). The summed E-state index contributed by atoms with van der Waals surface area (Å²) in [7, 11) is 0. The van der Waals surface area contributed by atoms with Crippen molar-refractivity contribution in [1.29, 1.82) is 0 Å². The Hall–Kier alpha value is -3.61. The molecule has 0 spiro atoms. The largest absolute Gasteiger partial charge is 0.478 e. The van der Waals surface area contributed by atoms with Crippen LogP contribution in [-0.2, 0) is 14.3 Å². The van der Waals surface area contributed by atoms with Crippen LogP contribution in [0.5, 0.6) is 0 Å². The molecule has 2 aromatic carbocycles. The number of aliphatic carboxylic acids is 1. The van der Waals surface area contributed by atoms with E-state index in [1.54, 1.807) is 0 Å². The molecule has 32 heavy (non-hydrogen) atoms. The smallest absolute Gasteiger partial charge is 0.407 e. The van der Waals surface area contributed by atoms with Crippen molar-refractivity contribution in [2.24, 2.45) is 5.92 Å². The van der Waals surface area contributed by atoms with Crippen molar-refractivity contribution >= 4 is 18.0 Å². The minimum atomic E-state index is -1.09. The Kier molecular flexibility index (Phi) is 7.65. The van der Waals surface area contributed by atoms with Crippen LogP contribution in [0.1, 0.15) is 37.3 Å². The van der Waals surface area contributed by atoms with Gasteiger partial charge >= 0.3 is 12.1 Å². The van der Waals surface area contributed by atoms with Crippen LogP contribution in [0.3, 0.4) is 0 Å². The molecule has 2 aromatic rings. The van der Waals surface area contributed by atoms with Crippen LogP contribution in [0.2, 0.25) is 0 Å². The molecule has 0 saturated heterocycles. The van der Waals surface area contributed by atoms with Crippen molar-refractivity contribution in [3.63, 3.8) is 0 Å². The van der Waals surface area contributed by atoms with Crippen molar-refractivity contribution < 1.29 is 24.2 Å². The molecule has 0 bridgehead atoms. The van der Waals surface area contributed by atoms with Crippen LogP contribution in [0.15, 0.2) is 60.7 Å². The molecule has 1 atom stereocenters. The third-order valence-corrected chi connectivity index (χ3v) is 5.31. The van der Waals surface area contributed by atoms with Crippen LogP contribution in [-0.4, -0.2) is 42.3 Å². The first kappa shape index (κ1) is 23.1. The third kappa shape index (κ3) is 5.75. The Morgan fingerprint density at radius 2 is 1.62 bits per heavy atom. The SMILES string of the molecule is CC(C)CC(NC(=O)OCC1c2ccccc2-c2ccccc21)C(=O)NC/C=C\C(=O)O. The average molecular weight is 437 g/mol. The summed E-state index contributed by atoms with van der Waals surface area (Å²) in [5.74, 6) is -1.38. The average Bonchev–Trinajstić information content (AvgIpc) is 3.08. The van der Waals surface area contributed by atoms with Crippen molar-refractivity contribution in [3.8, 4) is 11.1 Å². The van der Waals surface area contributed by atoms with Gasteiger partial charge in [-0.25, -0.2) is 9.59 Å². The number of alkyl carbamates (subject to hydrolysis) is 1. The summed E-state index contributed by atoms with van der Waals surface area (Å²) in [5, 5.41) is 13.9. The molecule has 7 heteroatoms. The minimum absolute atomic E-state index is 0.0616. The summed E-state index contributed by atoms with van der Waals surface area (Å²) in [6.07, 6.45) is 2.06. The summed E-state index contributed by atoms with van der Waals surface area (Å²) < 4.78 is 5.54. The number of benzene rings is 2. The standard InChI is InChI=1S/C25H28N2O5/c1-16(2)14-22(24(30)26-13-7-12-23(28)29)27-25(31)32-15-21-19-10-5-3-8-17(19)18-9-4-6-11-20(18)21/h3-12,16,21-22H,13-15H2,1-2H3,(H,26,30)(H,27,31)(H,28,29)/b12-7-. The van der Waals surface area contributed by atoms with Crippen LogP contribution in [0.25, 0.3) is 11.1 Å². The molecular formula is C25H28N2O5. The van der Waals surface area contributed by atoms with E-state index in [2.05, 4.69) is 22.8 Å². The highest BCUT2D eigenvalue weighted by atomic mass is 16.5. The van der Waals surface area contributed by atoms with Crippen LogP contribution in [0.4, 0.5) is 4.79 Å². The number of amides is 2. The molecule has 7 nitrogen and oxygen atoms in total. The van der Waals surface area contributed by atoms with Gasteiger partial charge in [-0.2, -0.15) is 0 Å². The van der Waals surface area contributed by atoms with Crippen molar-refractivity contribution in [1.82, 2.24) is 10.6 Å². The molecule has 0 saturated carbocycles. The third-order valence-electron chi connectivity index (χ3n) is 5.31. The normalized spacial score (nSPS) is 13.5. The maximum atomic E-state index is 12.5. The van der Waals surface area contributed by atoms with Gasteiger partial charge in [0.05, 0.1) is 0 Å². The Labute approximate surface area is 187 Å². The zero-order valence-electron chi connectivity index (χ0n) is 18.2. The van der Waals surface area contributed by atoms with Gasteiger partial charge in [0.25, 0.3) is 0 Å². The van der Waals surface area contributed by atoms with Crippen molar-refractivity contribution in [2.45, 2.75) is 32.2 Å². The highest BCUT2D eigenvalue weighted by Crippen LogP contribution is 2.44. The van der Waals surface area contributed by atoms with Crippen molar-refractivity contribution in [3.05, 3.63) is 71.8 Å². The first-order valence-corrected chi connectivity index (χ1v) is 10.7. The number of carbonyl (C=O) groups is 3. The number of rotatable bonds is 9. The first-order chi connectivity index (χ1) is 15.4. The lowest BCUT2D eigenvalue weighted by Crippen LogP contribution is -2.47. The summed E-state index contributed by atoms with van der Waals surface area (Å²) in [6, 6.07) is 15.4. The molecule has 3 N–H and O–H groups in total. The number of nitrogens with one attached hydrogen (secondary N) is 2. The Morgan fingerprint density at radius 1 is 1.03 bits per heavy atom. The quantitative estimate of drug-likeness (QED) is 0.520. The molecule has 0 fully saturated rings. The van der Waals surface area contributed by atoms with E-state index in [9.17, 15) is 14.4 Å². The fourth-order valence-corrected chi connectivity index (χ4v) is 3.93. The number of carboxylic acid groups (broad SMARTS) is 1. The fourth-order valence-electron chi connectivity index (χ4n) is 3.93.